The standard InChI is InChI=1S/C21H26O10/c1-9-2-3-12-14(9)21-11(4-5-20(12,8-23)31-21)10(18(27)30-21)7-28-19-17(26)16(25)15(24)13(6-22)29-19/h4-5,12-17,19,22-26H,1-3,6-8H2. The third-order valence-corrected chi connectivity index (χ3v) is 7.21. The summed E-state index contributed by atoms with van der Waals surface area (Å²) in [5.74, 6) is -2.39. The molecule has 0 aromatic rings. The van der Waals surface area contributed by atoms with E-state index in [0.717, 1.165) is 18.4 Å². The average molecular weight is 438 g/mol. The molecule has 10 nitrogen and oxygen atoms in total. The number of aliphatic hydroxyl groups is 5. The van der Waals surface area contributed by atoms with E-state index in [2.05, 4.69) is 6.58 Å². The first-order valence-electron chi connectivity index (χ1n) is 10.3. The Morgan fingerprint density at radius 1 is 1.19 bits per heavy atom. The molecule has 10 heteroatoms. The minimum absolute atomic E-state index is 0.0720. The number of carbonyl (C=O) groups is 1. The lowest BCUT2D eigenvalue weighted by Crippen LogP contribution is -2.59. The number of hydrogen-bond donors (Lipinski definition) is 5. The van der Waals surface area contributed by atoms with E-state index >= 15 is 0 Å². The summed E-state index contributed by atoms with van der Waals surface area (Å²) in [4.78, 5) is 12.8. The first-order chi connectivity index (χ1) is 14.8. The van der Waals surface area contributed by atoms with Gasteiger partial charge in [0.05, 0.1) is 31.3 Å². The largest absolute Gasteiger partial charge is 0.424 e. The number of carbonyl (C=O) groups excluding carboxylic acids is 1. The fourth-order valence-electron chi connectivity index (χ4n) is 5.62. The van der Waals surface area contributed by atoms with Gasteiger partial charge in [-0.3, -0.25) is 0 Å². The molecule has 5 aliphatic rings. The Labute approximate surface area is 178 Å². The van der Waals surface area contributed by atoms with Crippen LogP contribution in [0.25, 0.3) is 0 Å². The SMILES string of the molecule is C=C1CCC2C1C13OC(=O)C(COC4OC(CO)C(O)C(O)C4O)=C1C=CC2(CO)O3. The van der Waals surface area contributed by atoms with E-state index in [0.29, 0.717) is 5.57 Å². The van der Waals surface area contributed by atoms with E-state index in [1.165, 1.54) is 0 Å². The van der Waals surface area contributed by atoms with Crippen molar-refractivity contribution in [1.82, 2.24) is 0 Å². The molecule has 2 bridgehead atoms. The second-order valence-corrected chi connectivity index (χ2v) is 8.79. The Morgan fingerprint density at radius 2 is 1.97 bits per heavy atom. The summed E-state index contributed by atoms with van der Waals surface area (Å²) in [5.41, 5.74) is 0.591. The van der Waals surface area contributed by atoms with Crippen LogP contribution in [0.5, 0.6) is 0 Å². The van der Waals surface area contributed by atoms with Gasteiger partial charge >= 0.3 is 5.97 Å². The molecule has 0 radical (unpaired) electrons. The van der Waals surface area contributed by atoms with Crippen LogP contribution in [0.4, 0.5) is 0 Å². The van der Waals surface area contributed by atoms with Crippen LogP contribution in [0.3, 0.4) is 0 Å². The maximum Gasteiger partial charge on any atom is 0.339 e. The number of hydrogen-bond acceptors (Lipinski definition) is 10. The molecular weight excluding hydrogens is 412 g/mol. The van der Waals surface area contributed by atoms with E-state index < -0.39 is 54.7 Å². The van der Waals surface area contributed by atoms with E-state index in [1.807, 2.05) is 0 Å². The van der Waals surface area contributed by atoms with E-state index in [9.17, 15) is 30.3 Å². The molecule has 4 heterocycles. The van der Waals surface area contributed by atoms with Crippen molar-refractivity contribution in [3.05, 3.63) is 35.5 Å². The number of esters is 1. The summed E-state index contributed by atoms with van der Waals surface area (Å²) in [6.45, 7) is 2.97. The molecule has 0 aromatic carbocycles. The average Bonchev–Trinajstić information content (AvgIpc) is 3.35. The van der Waals surface area contributed by atoms with Gasteiger partial charge in [-0.05, 0) is 18.9 Å². The van der Waals surface area contributed by atoms with Crippen LogP contribution >= 0.6 is 0 Å². The van der Waals surface area contributed by atoms with Gasteiger partial charge < -0.3 is 44.5 Å². The quantitative estimate of drug-likeness (QED) is 0.247. The fraction of sp³-hybridized carbons (Fsp3) is 0.667. The van der Waals surface area contributed by atoms with Gasteiger partial charge in [-0.15, -0.1) is 0 Å². The van der Waals surface area contributed by atoms with Gasteiger partial charge in [-0.1, -0.05) is 18.2 Å². The van der Waals surface area contributed by atoms with Crippen LogP contribution in [0, 0.1) is 11.8 Å². The van der Waals surface area contributed by atoms with Crippen molar-refractivity contribution >= 4 is 5.97 Å². The third-order valence-electron chi connectivity index (χ3n) is 7.21. The topological polar surface area (TPSA) is 155 Å². The Balaban J connectivity index is 1.43. The summed E-state index contributed by atoms with van der Waals surface area (Å²) in [7, 11) is 0. The number of rotatable bonds is 5. The Bertz CT molecular complexity index is 864. The van der Waals surface area contributed by atoms with E-state index in [-0.39, 0.29) is 30.6 Å². The molecule has 3 fully saturated rings. The first kappa shape index (κ1) is 21.2. The zero-order valence-electron chi connectivity index (χ0n) is 16.7. The molecule has 9 unspecified atom stereocenters. The van der Waals surface area contributed by atoms with Gasteiger partial charge in [-0.25, -0.2) is 4.79 Å². The highest BCUT2D eigenvalue weighted by molar-refractivity contribution is 5.94. The molecule has 4 aliphatic heterocycles. The molecule has 1 saturated carbocycles. The minimum Gasteiger partial charge on any atom is -0.424 e. The molecule has 31 heavy (non-hydrogen) atoms. The third kappa shape index (κ3) is 2.77. The number of ether oxygens (including phenoxy) is 4. The summed E-state index contributed by atoms with van der Waals surface area (Å²) in [6, 6.07) is 0. The number of fused-ring (bicyclic) bond motifs is 3. The lowest BCUT2D eigenvalue weighted by molar-refractivity contribution is -0.298. The summed E-state index contributed by atoms with van der Waals surface area (Å²) in [6.07, 6.45) is -2.21. The van der Waals surface area contributed by atoms with Crippen LogP contribution in [0.2, 0.25) is 0 Å². The highest BCUT2D eigenvalue weighted by Gasteiger charge is 2.71. The van der Waals surface area contributed by atoms with Crippen molar-refractivity contribution in [3.8, 4) is 0 Å². The predicted octanol–water partition coefficient (Wildman–Crippen LogP) is -1.73. The van der Waals surface area contributed by atoms with Crippen LogP contribution < -0.4 is 0 Å². The van der Waals surface area contributed by atoms with Crippen molar-refractivity contribution in [2.45, 2.75) is 54.9 Å². The Morgan fingerprint density at radius 3 is 2.68 bits per heavy atom. The smallest absolute Gasteiger partial charge is 0.339 e. The molecular formula is C21H26O10. The molecule has 5 N–H and O–H groups in total. The predicted molar refractivity (Wildman–Crippen MR) is 101 cm³/mol. The Hall–Kier alpha value is -1.63. The lowest BCUT2D eigenvalue weighted by atomic mass is 9.80. The van der Waals surface area contributed by atoms with Crippen LogP contribution in [-0.2, 0) is 23.7 Å². The van der Waals surface area contributed by atoms with Crippen LogP contribution in [0.1, 0.15) is 12.8 Å². The summed E-state index contributed by atoms with van der Waals surface area (Å²) >= 11 is 0. The Kier molecular flexibility index (Phi) is 4.92. The van der Waals surface area contributed by atoms with Crippen molar-refractivity contribution < 1.29 is 49.3 Å². The molecule has 0 aromatic heterocycles. The van der Waals surface area contributed by atoms with Gasteiger partial charge in [0.15, 0.2) is 6.29 Å². The maximum atomic E-state index is 12.8. The van der Waals surface area contributed by atoms with E-state index in [4.69, 9.17) is 18.9 Å². The molecule has 5 rings (SSSR count). The molecule has 9 atom stereocenters. The van der Waals surface area contributed by atoms with Crippen molar-refractivity contribution in [3.63, 3.8) is 0 Å². The molecule has 1 spiro atoms. The highest BCUT2D eigenvalue weighted by Crippen LogP contribution is 2.64. The zero-order valence-corrected chi connectivity index (χ0v) is 16.7. The van der Waals surface area contributed by atoms with Crippen molar-refractivity contribution in [1.29, 1.82) is 0 Å². The van der Waals surface area contributed by atoms with Gasteiger partial charge in [0.2, 0.25) is 5.79 Å². The zero-order chi connectivity index (χ0) is 22.1. The molecule has 0 amide bonds. The summed E-state index contributed by atoms with van der Waals surface area (Å²) < 4.78 is 22.9. The maximum absolute atomic E-state index is 12.8. The van der Waals surface area contributed by atoms with Gasteiger partial charge in [0.1, 0.15) is 30.0 Å². The van der Waals surface area contributed by atoms with Crippen molar-refractivity contribution in [2.24, 2.45) is 11.8 Å². The van der Waals surface area contributed by atoms with Gasteiger partial charge in [0.25, 0.3) is 0 Å². The molecule has 170 valence electrons. The van der Waals surface area contributed by atoms with Crippen molar-refractivity contribution in [2.75, 3.05) is 19.8 Å². The van der Waals surface area contributed by atoms with Gasteiger partial charge in [0, 0.05) is 11.5 Å². The van der Waals surface area contributed by atoms with E-state index in [1.54, 1.807) is 12.2 Å². The van der Waals surface area contributed by atoms with Gasteiger partial charge in [-0.2, -0.15) is 0 Å². The normalized spacial score (nSPS) is 48.2. The highest BCUT2D eigenvalue weighted by atomic mass is 16.7. The molecule has 2 saturated heterocycles. The van der Waals surface area contributed by atoms with Crippen LogP contribution in [0.15, 0.2) is 35.5 Å². The summed E-state index contributed by atoms with van der Waals surface area (Å²) in [5, 5.41) is 49.4. The fourth-order valence-corrected chi connectivity index (χ4v) is 5.62. The monoisotopic (exact) mass is 438 g/mol. The number of aliphatic hydroxyl groups excluding tert-OH is 5. The minimum atomic E-state index is -1.59. The second kappa shape index (κ2) is 7.19. The lowest BCUT2D eigenvalue weighted by Gasteiger charge is -2.39. The second-order valence-electron chi connectivity index (χ2n) is 8.79. The molecule has 1 aliphatic carbocycles. The first-order valence-corrected chi connectivity index (χ1v) is 10.3. The van der Waals surface area contributed by atoms with Crippen LogP contribution in [-0.4, -0.2) is 93.4 Å².